The van der Waals surface area contributed by atoms with Gasteiger partial charge in [0, 0.05) is 19.1 Å². The van der Waals surface area contributed by atoms with Crippen molar-refractivity contribution in [2.24, 2.45) is 10.4 Å². The van der Waals surface area contributed by atoms with E-state index in [2.05, 4.69) is 9.98 Å². The third-order valence-electron chi connectivity index (χ3n) is 3.72. The lowest BCUT2D eigenvalue weighted by Crippen LogP contribution is -2.26. The molecule has 0 amide bonds. The lowest BCUT2D eigenvalue weighted by atomic mass is 9.77. The number of aromatic nitrogens is 1. The second-order valence-corrected chi connectivity index (χ2v) is 7.68. The summed E-state index contributed by atoms with van der Waals surface area (Å²) in [6, 6.07) is 5.74. The highest BCUT2D eigenvalue weighted by atomic mass is 32.1. The van der Waals surface area contributed by atoms with Crippen molar-refractivity contribution in [1.29, 1.82) is 0 Å². The SMILES string of the molecule is Cc1nc2ccc(N=CC3=C(O)CC(C)(C)CC3=O)cc2s1. The predicted molar refractivity (Wildman–Crippen MR) is 90.2 cm³/mol. The molecule has 0 fully saturated rings. The molecule has 5 heteroatoms. The molecular formula is C17H18N2O2S. The molecule has 114 valence electrons. The number of fused-ring (bicyclic) bond motifs is 1. The van der Waals surface area contributed by atoms with E-state index in [1.54, 1.807) is 11.3 Å². The number of aliphatic imine (C=N–C) groups is 1. The fraction of sp³-hybridized carbons (Fsp3) is 0.353. The van der Waals surface area contributed by atoms with Crippen molar-refractivity contribution >= 4 is 39.2 Å². The van der Waals surface area contributed by atoms with Crippen LogP contribution in [0.5, 0.6) is 0 Å². The first-order valence-corrected chi connectivity index (χ1v) is 8.02. The predicted octanol–water partition coefficient (Wildman–Crippen LogP) is 4.51. The average molecular weight is 314 g/mol. The normalized spacial score (nSPS) is 18.6. The third-order valence-corrected chi connectivity index (χ3v) is 4.65. The van der Waals surface area contributed by atoms with Crippen LogP contribution in [-0.2, 0) is 4.79 Å². The monoisotopic (exact) mass is 314 g/mol. The molecule has 1 N–H and O–H groups in total. The minimum atomic E-state index is -0.183. The molecule has 1 heterocycles. The van der Waals surface area contributed by atoms with Gasteiger partial charge in [0.1, 0.15) is 5.76 Å². The Morgan fingerprint density at radius 2 is 2.14 bits per heavy atom. The van der Waals surface area contributed by atoms with Gasteiger partial charge in [-0.1, -0.05) is 13.8 Å². The summed E-state index contributed by atoms with van der Waals surface area (Å²) >= 11 is 1.62. The molecule has 0 atom stereocenters. The number of nitrogens with zero attached hydrogens (tertiary/aromatic N) is 2. The maximum absolute atomic E-state index is 12.1. The van der Waals surface area contributed by atoms with Crippen LogP contribution in [0.2, 0.25) is 0 Å². The molecule has 0 saturated heterocycles. The molecule has 1 aliphatic carbocycles. The Morgan fingerprint density at radius 3 is 2.86 bits per heavy atom. The zero-order valence-electron chi connectivity index (χ0n) is 12.9. The molecule has 0 unspecified atom stereocenters. The van der Waals surface area contributed by atoms with Gasteiger partial charge in [-0.25, -0.2) is 4.98 Å². The number of benzene rings is 1. The zero-order chi connectivity index (χ0) is 15.9. The van der Waals surface area contributed by atoms with Crippen LogP contribution in [0.4, 0.5) is 5.69 Å². The number of Topliss-reactive ketones (excluding diaryl/α,β-unsaturated/α-hetero) is 1. The van der Waals surface area contributed by atoms with Crippen molar-refractivity contribution < 1.29 is 9.90 Å². The fourth-order valence-electron chi connectivity index (χ4n) is 2.70. The summed E-state index contributed by atoms with van der Waals surface area (Å²) in [4.78, 5) is 20.9. The van der Waals surface area contributed by atoms with E-state index < -0.39 is 0 Å². The van der Waals surface area contributed by atoms with Crippen LogP contribution in [0.25, 0.3) is 10.2 Å². The van der Waals surface area contributed by atoms with E-state index in [1.807, 2.05) is 39.0 Å². The van der Waals surface area contributed by atoms with E-state index in [9.17, 15) is 9.90 Å². The van der Waals surface area contributed by atoms with Gasteiger partial charge in [-0.2, -0.15) is 0 Å². The summed E-state index contributed by atoms with van der Waals surface area (Å²) in [7, 11) is 0. The highest BCUT2D eigenvalue weighted by Gasteiger charge is 2.32. The van der Waals surface area contributed by atoms with Crippen LogP contribution in [-0.4, -0.2) is 22.1 Å². The molecule has 0 bridgehead atoms. The van der Waals surface area contributed by atoms with E-state index in [1.165, 1.54) is 6.21 Å². The minimum Gasteiger partial charge on any atom is -0.511 e. The summed E-state index contributed by atoms with van der Waals surface area (Å²) in [5.41, 5.74) is 1.87. The van der Waals surface area contributed by atoms with Crippen LogP contribution in [0.15, 0.2) is 34.5 Å². The van der Waals surface area contributed by atoms with Crippen LogP contribution in [0.3, 0.4) is 0 Å². The highest BCUT2D eigenvalue weighted by Crippen LogP contribution is 2.35. The summed E-state index contributed by atoms with van der Waals surface area (Å²) < 4.78 is 1.07. The molecule has 1 aromatic heterocycles. The van der Waals surface area contributed by atoms with Crippen LogP contribution in [0, 0.1) is 12.3 Å². The molecule has 1 aliphatic rings. The molecule has 0 saturated carbocycles. The first kappa shape index (κ1) is 14.9. The Morgan fingerprint density at radius 1 is 1.36 bits per heavy atom. The maximum Gasteiger partial charge on any atom is 0.168 e. The summed E-state index contributed by atoms with van der Waals surface area (Å²) in [6.07, 6.45) is 2.43. The molecule has 3 rings (SSSR count). The van der Waals surface area contributed by atoms with Crippen LogP contribution < -0.4 is 0 Å². The lowest BCUT2D eigenvalue weighted by Gasteiger charge is -2.28. The Kier molecular flexibility index (Phi) is 3.60. The lowest BCUT2D eigenvalue weighted by molar-refractivity contribution is -0.117. The molecule has 22 heavy (non-hydrogen) atoms. The number of aliphatic hydroxyl groups is 1. The van der Waals surface area contributed by atoms with Gasteiger partial charge in [0.15, 0.2) is 5.78 Å². The summed E-state index contributed by atoms with van der Waals surface area (Å²) in [6.45, 7) is 5.93. The second kappa shape index (κ2) is 5.32. The standard InChI is InChI=1S/C17H18N2O2S/c1-10-19-13-5-4-11(6-16(13)22-10)18-9-12-14(20)7-17(2,3)8-15(12)21/h4-6,9,20H,7-8H2,1-3H3. The van der Waals surface area contributed by atoms with E-state index in [-0.39, 0.29) is 17.0 Å². The summed E-state index contributed by atoms with van der Waals surface area (Å²) in [5.74, 6) is 0.0897. The van der Waals surface area contributed by atoms with Crippen molar-refractivity contribution in [2.75, 3.05) is 0 Å². The number of aliphatic hydroxyl groups excluding tert-OH is 1. The molecule has 0 spiro atoms. The smallest absolute Gasteiger partial charge is 0.168 e. The third kappa shape index (κ3) is 2.95. The Bertz CT molecular complexity index is 815. The molecular weight excluding hydrogens is 296 g/mol. The number of carbonyl (C=O) groups excluding carboxylic acids is 1. The molecule has 4 nitrogen and oxygen atoms in total. The number of hydrogen-bond acceptors (Lipinski definition) is 5. The van der Waals surface area contributed by atoms with Crippen LogP contribution >= 0.6 is 11.3 Å². The second-order valence-electron chi connectivity index (χ2n) is 6.44. The van der Waals surface area contributed by atoms with Gasteiger partial charge in [0.05, 0.1) is 26.5 Å². The largest absolute Gasteiger partial charge is 0.511 e. The van der Waals surface area contributed by atoms with Crippen molar-refractivity contribution in [1.82, 2.24) is 4.98 Å². The Labute approximate surface area is 133 Å². The number of allylic oxidation sites excluding steroid dienone is 2. The van der Waals surface area contributed by atoms with E-state index in [4.69, 9.17) is 0 Å². The fourth-order valence-corrected chi connectivity index (χ4v) is 3.56. The number of carbonyl (C=O) groups is 1. The van der Waals surface area contributed by atoms with E-state index >= 15 is 0 Å². The number of rotatable bonds is 2. The molecule has 0 aliphatic heterocycles. The van der Waals surface area contributed by atoms with E-state index in [0.717, 1.165) is 20.9 Å². The van der Waals surface area contributed by atoms with Gasteiger partial charge in [-0.15, -0.1) is 11.3 Å². The zero-order valence-corrected chi connectivity index (χ0v) is 13.7. The number of hydrogen-bond donors (Lipinski definition) is 1. The van der Waals surface area contributed by atoms with Crippen LogP contribution in [0.1, 0.15) is 31.7 Å². The minimum absolute atomic E-state index is 0.0489. The van der Waals surface area contributed by atoms with Gasteiger partial charge in [0.2, 0.25) is 0 Å². The Hall–Kier alpha value is -2.01. The number of aryl methyl sites for hydroxylation is 1. The molecule has 2 aromatic rings. The quantitative estimate of drug-likeness (QED) is 0.830. The molecule has 0 radical (unpaired) electrons. The number of ketones is 1. The first-order valence-electron chi connectivity index (χ1n) is 7.21. The highest BCUT2D eigenvalue weighted by molar-refractivity contribution is 7.18. The average Bonchev–Trinajstić information content (AvgIpc) is 2.75. The van der Waals surface area contributed by atoms with Crippen molar-refractivity contribution in [3.8, 4) is 0 Å². The van der Waals surface area contributed by atoms with Gasteiger partial charge >= 0.3 is 0 Å². The van der Waals surface area contributed by atoms with Crippen molar-refractivity contribution in [3.05, 3.63) is 34.5 Å². The van der Waals surface area contributed by atoms with E-state index in [0.29, 0.717) is 18.4 Å². The maximum atomic E-state index is 12.1. The number of thiazole rings is 1. The van der Waals surface area contributed by atoms with Crippen molar-refractivity contribution in [2.45, 2.75) is 33.6 Å². The van der Waals surface area contributed by atoms with Gasteiger partial charge in [0.25, 0.3) is 0 Å². The Balaban J connectivity index is 1.90. The van der Waals surface area contributed by atoms with Gasteiger partial charge in [-0.3, -0.25) is 9.79 Å². The van der Waals surface area contributed by atoms with Gasteiger partial charge < -0.3 is 5.11 Å². The first-order chi connectivity index (χ1) is 10.3. The van der Waals surface area contributed by atoms with Crippen molar-refractivity contribution in [3.63, 3.8) is 0 Å². The summed E-state index contributed by atoms with van der Waals surface area (Å²) in [5, 5.41) is 11.1. The molecule has 1 aromatic carbocycles. The van der Waals surface area contributed by atoms with Gasteiger partial charge in [-0.05, 0) is 30.5 Å². The topological polar surface area (TPSA) is 62.6 Å².